The Morgan fingerprint density at radius 2 is 0.568 bits per heavy atom. The van der Waals surface area contributed by atoms with Gasteiger partial charge in [0.1, 0.15) is 28.5 Å². The molecule has 192 valence electrons. The van der Waals surface area contributed by atoms with Crippen molar-refractivity contribution < 1.29 is 39.5 Å². The molecule has 0 aliphatic heterocycles. The van der Waals surface area contributed by atoms with Crippen LogP contribution >= 0.6 is 7.26 Å². The predicted octanol–water partition coefficient (Wildman–Crippen LogP) is 7.36. The summed E-state index contributed by atoms with van der Waals surface area (Å²) in [6.45, 7) is 0. The second kappa shape index (κ2) is 9.53. The van der Waals surface area contributed by atoms with Gasteiger partial charge in [-0.25, -0.2) is 0 Å². The zero-order valence-corrected chi connectivity index (χ0v) is 19.6. The van der Waals surface area contributed by atoms with Gasteiger partial charge in [0.05, 0.1) is 16.7 Å². The molecule has 10 heteroatoms. The van der Waals surface area contributed by atoms with Crippen LogP contribution in [0.25, 0.3) is 0 Å². The maximum Gasteiger partial charge on any atom is 0.416 e. The Balaban J connectivity index is 2.05. The van der Waals surface area contributed by atoms with Crippen molar-refractivity contribution in [3.8, 4) is 0 Å². The Kier molecular flexibility index (Phi) is 6.88. The monoisotopic (exact) mass is 543 g/mol. The highest BCUT2D eigenvalue weighted by molar-refractivity contribution is 8.01. The van der Waals surface area contributed by atoms with Gasteiger partial charge in [0.15, 0.2) is 0 Å². The van der Waals surface area contributed by atoms with Crippen LogP contribution in [0.1, 0.15) is 16.7 Å². The van der Waals surface area contributed by atoms with Crippen LogP contribution in [0.4, 0.5) is 39.5 Å². The maximum absolute atomic E-state index is 13.3. The van der Waals surface area contributed by atoms with E-state index in [9.17, 15) is 39.5 Å². The van der Waals surface area contributed by atoms with Gasteiger partial charge in [0, 0.05) is 0 Å². The molecule has 0 radical (unpaired) electrons. The average Bonchev–Trinajstić information content (AvgIpc) is 2.85. The summed E-state index contributed by atoms with van der Waals surface area (Å²) < 4.78 is 120. The van der Waals surface area contributed by atoms with E-state index in [2.05, 4.69) is 0 Å². The highest BCUT2D eigenvalue weighted by Crippen LogP contribution is 2.55. The molecule has 0 aliphatic carbocycles. The quantitative estimate of drug-likeness (QED) is 0.186. The second-order valence-corrected chi connectivity index (χ2v) is 11.5. The van der Waals surface area contributed by atoms with Gasteiger partial charge < -0.3 is 0 Å². The molecule has 37 heavy (non-hydrogen) atoms. The second-order valence-electron chi connectivity index (χ2n) is 8.14. The van der Waals surface area contributed by atoms with Crippen LogP contribution in [0.5, 0.6) is 0 Å². The Labute approximate surface area is 206 Å². The van der Waals surface area contributed by atoms with Crippen molar-refractivity contribution in [2.45, 2.75) is 18.5 Å². The molecular weight excluding hydrogens is 526 g/mol. The molecule has 4 rings (SSSR count). The van der Waals surface area contributed by atoms with Crippen LogP contribution in [0.15, 0.2) is 103 Å². The maximum atomic E-state index is 13.3. The fourth-order valence-electron chi connectivity index (χ4n) is 4.17. The molecule has 0 spiro atoms. The van der Waals surface area contributed by atoms with Gasteiger partial charge >= 0.3 is 18.5 Å². The lowest BCUT2D eigenvalue weighted by atomic mass is 10.2. The zero-order chi connectivity index (χ0) is 27.1. The number of rotatable bonds is 4. The molecule has 0 atom stereocenters. The first-order valence-corrected chi connectivity index (χ1v) is 12.5. The van der Waals surface area contributed by atoms with Crippen LogP contribution in [0, 0.1) is 0 Å². The van der Waals surface area contributed by atoms with Gasteiger partial charge in [0.25, 0.3) is 0 Å². The van der Waals surface area contributed by atoms with Crippen LogP contribution in [-0.4, -0.2) is 0 Å². The fraction of sp³-hybridized carbons (Fsp3) is 0.111. The SMILES string of the molecule is FC(F)(F)c1ccc([P+](c2ccccc2)(c2ccc(C(F)(F)F)cc2)c2ccc(C(F)(F)F)cc2)cc1. The summed E-state index contributed by atoms with van der Waals surface area (Å²) in [6, 6.07) is 20.9. The van der Waals surface area contributed by atoms with E-state index >= 15 is 0 Å². The molecule has 4 aromatic rings. The van der Waals surface area contributed by atoms with E-state index in [-0.39, 0.29) is 0 Å². The van der Waals surface area contributed by atoms with E-state index in [1.807, 2.05) is 0 Å². The fourth-order valence-corrected chi connectivity index (χ4v) is 8.37. The van der Waals surface area contributed by atoms with Gasteiger partial charge in [0.2, 0.25) is 0 Å². The van der Waals surface area contributed by atoms with Gasteiger partial charge in [-0.3, -0.25) is 0 Å². The normalized spacial score (nSPS) is 13.0. The van der Waals surface area contributed by atoms with Gasteiger partial charge in [-0.15, -0.1) is 0 Å². The van der Waals surface area contributed by atoms with Crippen molar-refractivity contribution in [1.29, 1.82) is 0 Å². The lowest BCUT2D eigenvalue weighted by molar-refractivity contribution is -0.138. The molecule has 0 fully saturated rings. The summed E-state index contributed by atoms with van der Waals surface area (Å²) in [5.41, 5.74) is -2.79. The van der Waals surface area contributed by atoms with Crippen LogP contribution in [-0.2, 0) is 18.5 Å². The standard InChI is InChI=1S/C27H17F9P/c28-25(29,30)18-6-12-22(13-7-18)37(21-4-2-1-3-5-21,23-14-8-19(9-15-23)26(31,32)33)24-16-10-20(11-17-24)27(34,35)36/h1-17H/q+1. The third-order valence-electron chi connectivity index (χ3n) is 5.89. The minimum absolute atomic E-state index is 0.339. The highest BCUT2D eigenvalue weighted by Gasteiger charge is 2.49. The lowest BCUT2D eigenvalue weighted by Gasteiger charge is -2.28. The first kappa shape index (κ1) is 26.7. The topological polar surface area (TPSA) is 0 Å². The number of benzene rings is 4. The first-order valence-electron chi connectivity index (χ1n) is 10.7. The van der Waals surface area contributed by atoms with Gasteiger partial charge in [-0.05, 0) is 84.9 Å². The largest absolute Gasteiger partial charge is 0.416 e. The summed E-state index contributed by atoms with van der Waals surface area (Å²) in [7, 11) is -3.22. The number of hydrogen-bond acceptors (Lipinski definition) is 0. The predicted molar refractivity (Wildman–Crippen MR) is 126 cm³/mol. The highest BCUT2D eigenvalue weighted by atomic mass is 31.2. The minimum Gasteiger partial charge on any atom is -0.166 e. The van der Waals surface area contributed by atoms with E-state index < -0.39 is 42.5 Å². The molecule has 0 unspecified atom stereocenters. The molecular formula is C27H17F9P+. The molecule has 0 saturated heterocycles. The minimum atomic E-state index is -4.63. The molecule has 0 aromatic heterocycles. The van der Waals surface area contributed by atoms with Crippen molar-refractivity contribution in [1.82, 2.24) is 0 Å². The molecule has 0 bridgehead atoms. The molecule has 0 saturated carbocycles. The number of alkyl halides is 9. The summed E-state index contributed by atoms with van der Waals surface area (Å²) in [5.74, 6) is 0. The average molecular weight is 543 g/mol. The third kappa shape index (κ3) is 5.23. The number of halogens is 9. The van der Waals surface area contributed by atoms with Crippen LogP contribution in [0.3, 0.4) is 0 Å². The third-order valence-corrected chi connectivity index (χ3v) is 10.2. The Morgan fingerprint density at radius 3 is 0.811 bits per heavy atom. The van der Waals surface area contributed by atoms with Crippen molar-refractivity contribution in [3.63, 3.8) is 0 Å². The van der Waals surface area contributed by atoms with Gasteiger partial charge in [-0.2, -0.15) is 39.5 Å². The zero-order valence-electron chi connectivity index (χ0n) is 18.7. The van der Waals surface area contributed by atoms with E-state index in [1.165, 1.54) is 36.4 Å². The molecule has 0 amide bonds. The first-order chi connectivity index (χ1) is 17.2. The Morgan fingerprint density at radius 1 is 0.324 bits per heavy atom. The summed E-state index contributed by atoms with van der Waals surface area (Å²) in [5, 5.41) is 1.57. The number of hydrogen-bond donors (Lipinski definition) is 0. The van der Waals surface area contributed by atoms with Crippen LogP contribution in [0.2, 0.25) is 0 Å². The molecule has 0 nitrogen and oxygen atoms in total. The van der Waals surface area contributed by atoms with E-state index in [0.717, 1.165) is 36.4 Å². The van der Waals surface area contributed by atoms with Crippen molar-refractivity contribution >= 4 is 28.5 Å². The van der Waals surface area contributed by atoms with E-state index in [4.69, 9.17) is 0 Å². The van der Waals surface area contributed by atoms with Crippen molar-refractivity contribution in [3.05, 3.63) is 120 Å². The van der Waals surface area contributed by atoms with Crippen LogP contribution < -0.4 is 21.2 Å². The Bertz CT molecular complexity index is 1200. The van der Waals surface area contributed by atoms with Crippen molar-refractivity contribution in [2.75, 3.05) is 0 Å². The van der Waals surface area contributed by atoms with E-state index in [0.29, 0.717) is 21.2 Å². The molecule has 0 aliphatic rings. The lowest BCUT2D eigenvalue weighted by Crippen LogP contribution is -2.39. The summed E-state index contributed by atoms with van der Waals surface area (Å²) >= 11 is 0. The molecule has 0 N–H and O–H groups in total. The summed E-state index contributed by atoms with van der Waals surface area (Å²) in [4.78, 5) is 0. The van der Waals surface area contributed by atoms with E-state index in [1.54, 1.807) is 30.3 Å². The smallest absolute Gasteiger partial charge is 0.166 e. The molecule has 4 aromatic carbocycles. The molecule has 0 heterocycles. The van der Waals surface area contributed by atoms with Gasteiger partial charge in [-0.1, -0.05) is 18.2 Å². The Hall–Kier alpha value is -3.32. The van der Waals surface area contributed by atoms with Crippen molar-refractivity contribution in [2.24, 2.45) is 0 Å². The summed E-state index contributed by atoms with van der Waals surface area (Å²) in [6.07, 6.45) is -13.9.